The Morgan fingerprint density at radius 1 is 1.00 bits per heavy atom. The quantitative estimate of drug-likeness (QED) is 0.330. The second-order valence-electron chi connectivity index (χ2n) is 6.13. The summed E-state index contributed by atoms with van der Waals surface area (Å²) in [6.07, 6.45) is 2.52. The van der Waals surface area contributed by atoms with Gasteiger partial charge in [-0.25, -0.2) is 9.18 Å². The lowest BCUT2D eigenvalue weighted by Gasteiger charge is -2.07. The Morgan fingerprint density at radius 2 is 1.77 bits per heavy atom. The maximum atomic E-state index is 13.8. The minimum absolute atomic E-state index is 0.284. The van der Waals surface area contributed by atoms with E-state index >= 15 is 0 Å². The zero-order valence-electron chi connectivity index (χ0n) is 16.0. The molecule has 0 bridgehead atoms. The van der Waals surface area contributed by atoms with Crippen LogP contribution in [-0.4, -0.2) is 31.6 Å². The zero-order valence-corrected chi connectivity index (χ0v) is 16.0. The molecule has 2 aromatic carbocycles. The fourth-order valence-electron chi connectivity index (χ4n) is 2.51. The summed E-state index contributed by atoms with van der Waals surface area (Å²) >= 11 is 0. The number of esters is 1. The molecule has 0 saturated carbocycles. The molecule has 154 valence electrons. The molecule has 30 heavy (non-hydrogen) atoms. The van der Waals surface area contributed by atoms with Crippen molar-refractivity contribution in [2.75, 3.05) is 19.8 Å². The number of halogens is 1. The minimum Gasteiger partial charge on any atom is -0.492 e. The zero-order chi connectivity index (χ0) is 21.2. The van der Waals surface area contributed by atoms with Crippen LogP contribution in [0.5, 0.6) is 5.75 Å². The Balaban J connectivity index is 1.37. The second-order valence-corrected chi connectivity index (χ2v) is 6.13. The number of carbonyl (C=O) groups is 2. The van der Waals surface area contributed by atoms with Crippen LogP contribution in [0.25, 0.3) is 17.4 Å². The van der Waals surface area contributed by atoms with E-state index in [1.807, 2.05) is 30.3 Å². The number of benzene rings is 2. The van der Waals surface area contributed by atoms with Crippen LogP contribution in [-0.2, 0) is 14.3 Å². The summed E-state index contributed by atoms with van der Waals surface area (Å²) in [6, 6.07) is 18.6. The normalized spacial score (nSPS) is 10.7. The molecule has 0 aliphatic rings. The van der Waals surface area contributed by atoms with Crippen molar-refractivity contribution in [1.29, 1.82) is 0 Å². The molecule has 0 aliphatic heterocycles. The van der Waals surface area contributed by atoms with Gasteiger partial charge in [0.05, 0.1) is 12.1 Å². The van der Waals surface area contributed by atoms with Gasteiger partial charge in [-0.05, 0) is 42.5 Å². The Kier molecular flexibility index (Phi) is 7.38. The molecule has 3 rings (SSSR count). The first-order valence-corrected chi connectivity index (χ1v) is 9.26. The number of nitrogens with one attached hydrogen (secondary N) is 1. The summed E-state index contributed by atoms with van der Waals surface area (Å²) in [4.78, 5) is 23.5. The van der Waals surface area contributed by atoms with Gasteiger partial charge in [0, 0.05) is 6.08 Å². The lowest BCUT2D eigenvalue weighted by atomic mass is 10.1. The van der Waals surface area contributed by atoms with Gasteiger partial charge >= 0.3 is 5.97 Å². The Hall–Kier alpha value is -3.87. The van der Waals surface area contributed by atoms with E-state index in [-0.39, 0.29) is 6.54 Å². The lowest BCUT2D eigenvalue weighted by molar-refractivity contribution is -0.143. The largest absolute Gasteiger partial charge is 0.492 e. The van der Waals surface area contributed by atoms with Crippen molar-refractivity contribution in [2.45, 2.75) is 0 Å². The van der Waals surface area contributed by atoms with Crippen LogP contribution in [0.1, 0.15) is 5.76 Å². The van der Waals surface area contributed by atoms with Gasteiger partial charge in [-0.2, -0.15) is 0 Å². The molecule has 1 heterocycles. The topological polar surface area (TPSA) is 77.8 Å². The molecule has 7 heteroatoms. The predicted molar refractivity (Wildman–Crippen MR) is 109 cm³/mol. The van der Waals surface area contributed by atoms with Crippen LogP contribution in [0.15, 0.2) is 77.2 Å². The first kappa shape index (κ1) is 20.9. The SMILES string of the molecule is O=C(COC(=O)/C=C/c1ccc(-c2ccccc2F)o1)NCCOc1ccccc1. The van der Waals surface area contributed by atoms with Gasteiger partial charge in [0.15, 0.2) is 6.61 Å². The number of hydrogen-bond acceptors (Lipinski definition) is 5. The van der Waals surface area contributed by atoms with Gasteiger partial charge in [-0.3, -0.25) is 4.79 Å². The maximum Gasteiger partial charge on any atom is 0.331 e. The van der Waals surface area contributed by atoms with E-state index in [9.17, 15) is 14.0 Å². The number of rotatable bonds is 9. The van der Waals surface area contributed by atoms with Crippen molar-refractivity contribution < 1.29 is 27.9 Å². The summed E-state index contributed by atoms with van der Waals surface area (Å²) in [7, 11) is 0. The number of hydrogen-bond donors (Lipinski definition) is 1. The highest BCUT2D eigenvalue weighted by Gasteiger charge is 2.09. The van der Waals surface area contributed by atoms with E-state index in [0.29, 0.717) is 29.4 Å². The van der Waals surface area contributed by atoms with E-state index in [1.165, 1.54) is 12.1 Å². The minimum atomic E-state index is -0.700. The van der Waals surface area contributed by atoms with Gasteiger partial charge in [0.25, 0.3) is 5.91 Å². The number of amides is 1. The van der Waals surface area contributed by atoms with E-state index < -0.39 is 24.3 Å². The summed E-state index contributed by atoms with van der Waals surface area (Å²) < 4.78 is 29.6. The lowest BCUT2D eigenvalue weighted by Crippen LogP contribution is -2.31. The molecule has 0 fully saturated rings. The van der Waals surface area contributed by atoms with E-state index in [1.54, 1.807) is 30.3 Å². The summed E-state index contributed by atoms with van der Waals surface area (Å²) in [6.45, 7) is 0.173. The van der Waals surface area contributed by atoms with Crippen molar-refractivity contribution >= 4 is 18.0 Å². The summed E-state index contributed by atoms with van der Waals surface area (Å²) in [5, 5.41) is 2.59. The van der Waals surface area contributed by atoms with Crippen LogP contribution in [0.2, 0.25) is 0 Å². The molecule has 6 nitrogen and oxygen atoms in total. The van der Waals surface area contributed by atoms with Crippen LogP contribution < -0.4 is 10.1 Å². The van der Waals surface area contributed by atoms with Crippen molar-refractivity contribution in [3.05, 3.63) is 84.4 Å². The molecule has 1 amide bonds. The van der Waals surface area contributed by atoms with Crippen LogP contribution >= 0.6 is 0 Å². The molecule has 3 aromatic rings. The molecule has 1 N–H and O–H groups in total. The van der Waals surface area contributed by atoms with E-state index in [0.717, 1.165) is 6.08 Å². The highest BCUT2D eigenvalue weighted by molar-refractivity contribution is 5.89. The molecule has 0 atom stereocenters. The summed E-state index contributed by atoms with van der Waals surface area (Å²) in [5.41, 5.74) is 0.327. The molecule has 0 saturated heterocycles. The van der Waals surface area contributed by atoms with Gasteiger partial charge in [0.2, 0.25) is 0 Å². The molecule has 0 spiro atoms. The van der Waals surface area contributed by atoms with Crippen LogP contribution in [0.3, 0.4) is 0 Å². The monoisotopic (exact) mass is 409 g/mol. The smallest absolute Gasteiger partial charge is 0.331 e. The van der Waals surface area contributed by atoms with Gasteiger partial charge in [-0.15, -0.1) is 0 Å². The third-order valence-corrected chi connectivity index (χ3v) is 3.93. The van der Waals surface area contributed by atoms with Gasteiger partial charge in [0.1, 0.15) is 29.7 Å². The average molecular weight is 409 g/mol. The summed E-state index contributed by atoms with van der Waals surface area (Å²) in [5.74, 6) is -0.130. The highest BCUT2D eigenvalue weighted by Crippen LogP contribution is 2.25. The fourth-order valence-corrected chi connectivity index (χ4v) is 2.51. The third-order valence-electron chi connectivity index (χ3n) is 3.93. The van der Waals surface area contributed by atoms with Crippen LogP contribution in [0.4, 0.5) is 4.39 Å². The van der Waals surface area contributed by atoms with Gasteiger partial charge in [-0.1, -0.05) is 30.3 Å². The molecule has 0 unspecified atom stereocenters. The predicted octanol–water partition coefficient (Wildman–Crippen LogP) is 3.84. The number of para-hydroxylation sites is 1. The van der Waals surface area contributed by atoms with Crippen molar-refractivity contribution in [3.8, 4) is 17.1 Å². The number of furan rings is 1. The first-order valence-electron chi connectivity index (χ1n) is 9.26. The van der Waals surface area contributed by atoms with E-state index in [2.05, 4.69) is 5.32 Å². The van der Waals surface area contributed by atoms with Crippen LogP contribution in [0, 0.1) is 5.82 Å². The van der Waals surface area contributed by atoms with Crippen molar-refractivity contribution in [1.82, 2.24) is 5.32 Å². The van der Waals surface area contributed by atoms with Crippen molar-refractivity contribution in [2.24, 2.45) is 0 Å². The number of ether oxygens (including phenoxy) is 2. The number of carbonyl (C=O) groups excluding carboxylic acids is 2. The Labute approximate surface area is 172 Å². The molecule has 1 aromatic heterocycles. The molecular formula is C23H20FNO5. The Bertz CT molecular complexity index is 1010. The molecule has 0 aliphatic carbocycles. The average Bonchev–Trinajstić information content (AvgIpc) is 3.24. The maximum absolute atomic E-state index is 13.8. The highest BCUT2D eigenvalue weighted by atomic mass is 19.1. The Morgan fingerprint density at radius 3 is 2.57 bits per heavy atom. The third kappa shape index (κ3) is 6.34. The van der Waals surface area contributed by atoms with Crippen molar-refractivity contribution in [3.63, 3.8) is 0 Å². The van der Waals surface area contributed by atoms with Gasteiger partial charge < -0.3 is 19.2 Å². The molecular weight excluding hydrogens is 389 g/mol. The first-order chi connectivity index (χ1) is 14.6. The van der Waals surface area contributed by atoms with E-state index in [4.69, 9.17) is 13.9 Å². The fraction of sp³-hybridized carbons (Fsp3) is 0.130. The molecule has 0 radical (unpaired) electrons. The second kappa shape index (κ2) is 10.6. The standard InChI is InChI=1S/C23H20FNO5/c24-20-9-5-4-8-19(20)21-12-10-18(30-21)11-13-23(27)29-16-22(26)25-14-15-28-17-6-2-1-3-7-17/h1-13H,14-16H2,(H,25,26)/b13-11+.